The number of hydrogen-bond acceptors (Lipinski definition) is 4. The van der Waals surface area contributed by atoms with Gasteiger partial charge in [-0.2, -0.15) is 0 Å². The van der Waals surface area contributed by atoms with E-state index >= 15 is 0 Å². The van der Waals surface area contributed by atoms with Gasteiger partial charge >= 0.3 is 0 Å². The van der Waals surface area contributed by atoms with Gasteiger partial charge in [-0.15, -0.1) is 0 Å². The summed E-state index contributed by atoms with van der Waals surface area (Å²) in [5.41, 5.74) is 0.710. The smallest absolute Gasteiger partial charge is 0.254 e. The summed E-state index contributed by atoms with van der Waals surface area (Å²) in [6.45, 7) is 5.90. The Morgan fingerprint density at radius 3 is 2.79 bits per heavy atom. The monoisotopic (exact) mass is 331 g/mol. The second kappa shape index (κ2) is 7.51. The lowest BCUT2D eigenvalue weighted by Crippen LogP contribution is -2.45. The number of piperidine rings is 1. The number of aliphatic hydroxyl groups excluding tert-OH is 1. The minimum absolute atomic E-state index is 0.0242. The Labute approximate surface area is 144 Å². The van der Waals surface area contributed by atoms with Gasteiger partial charge in [-0.05, 0) is 44.2 Å². The van der Waals surface area contributed by atoms with E-state index in [1.54, 1.807) is 6.20 Å². The summed E-state index contributed by atoms with van der Waals surface area (Å²) in [7, 11) is 0. The Morgan fingerprint density at radius 1 is 1.29 bits per heavy atom. The van der Waals surface area contributed by atoms with Crippen molar-refractivity contribution in [1.29, 1.82) is 0 Å². The zero-order valence-electron chi connectivity index (χ0n) is 14.7. The number of hydrogen-bond donors (Lipinski definition) is 1. The van der Waals surface area contributed by atoms with Crippen LogP contribution in [0.15, 0.2) is 18.3 Å². The predicted octanol–water partition coefficient (Wildman–Crippen LogP) is 2.70. The molecule has 5 nitrogen and oxygen atoms in total. The van der Waals surface area contributed by atoms with Crippen molar-refractivity contribution in [3.63, 3.8) is 0 Å². The summed E-state index contributed by atoms with van der Waals surface area (Å²) in [6, 6.07) is 3.75. The fourth-order valence-electron chi connectivity index (χ4n) is 4.17. The molecule has 2 aliphatic heterocycles. The van der Waals surface area contributed by atoms with Crippen LogP contribution in [0.2, 0.25) is 0 Å². The van der Waals surface area contributed by atoms with Crippen LogP contribution in [0.4, 0.5) is 5.82 Å². The number of likely N-dealkylation sites (tertiary alicyclic amines) is 1. The first-order valence-electron chi connectivity index (χ1n) is 9.28. The summed E-state index contributed by atoms with van der Waals surface area (Å²) in [5, 5.41) is 9.92. The van der Waals surface area contributed by atoms with Crippen LogP contribution in [-0.4, -0.2) is 53.7 Å². The molecule has 3 rings (SSSR count). The molecule has 132 valence electrons. The van der Waals surface area contributed by atoms with E-state index in [-0.39, 0.29) is 17.9 Å². The van der Waals surface area contributed by atoms with E-state index in [1.807, 2.05) is 17.0 Å². The van der Waals surface area contributed by atoms with E-state index < -0.39 is 0 Å². The Balaban J connectivity index is 1.76. The highest BCUT2D eigenvalue weighted by atomic mass is 16.3. The molecule has 0 spiro atoms. The van der Waals surface area contributed by atoms with Gasteiger partial charge in [0.1, 0.15) is 5.82 Å². The summed E-state index contributed by atoms with van der Waals surface area (Å²) in [6.07, 6.45) is 8.19. The molecule has 0 radical (unpaired) electrons. The Morgan fingerprint density at radius 2 is 2.08 bits per heavy atom. The molecule has 2 aliphatic rings. The second-order valence-electron chi connectivity index (χ2n) is 7.34. The quantitative estimate of drug-likeness (QED) is 0.901. The fraction of sp³-hybridized carbons (Fsp3) is 0.684. The van der Waals surface area contributed by atoms with Crippen molar-refractivity contribution < 1.29 is 9.90 Å². The minimum atomic E-state index is -0.0242. The summed E-state index contributed by atoms with van der Waals surface area (Å²) in [4.78, 5) is 21.3. The molecule has 24 heavy (non-hydrogen) atoms. The van der Waals surface area contributed by atoms with Gasteiger partial charge in [-0.1, -0.05) is 13.3 Å². The van der Waals surface area contributed by atoms with Gasteiger partial charge in [0.2, 0.25) is 0 Å². The molecule has 1 amide bonds. The van der Waals surface area contributed by atoms with Gasteiger partial charge in [0, 0.05) is 43.4 Å². The first-order valence-corrected chi connectivity index (χ1v) is 9.28. The molecule has 1 aromatic heterocycles. The maximum absolute atomic E-state index is 12.6. The topological polar surface area (TPSA) is 56.7 Å². The number of rotatable bonds is 5. The van der Waals surface area contributed by atoms with Gasteiger partial charge in [0.05, 0.1) is 6.61 Å². The molecule has 2 fully saturated rings. The lowest BCUT2D eigenvalue weighted by molar-refractivity contribution is 0.0792. The van der Waals surface area contributed by atoms with Crippen molar-refractivity contribution in [3.8, 4) is 0 Å². The van der Waals surface area contributed by atoms with Crippen molar-refractivity contribution in [1.82, 2.24) is 9.88 Å². The molecule has 0 bridgehead atoms. The largest absolute Gasteiger partial charge is 0.396 e. The number of anilines is 1. The van der Waals surface area contributed by atoms with Crippen LogP contribution in [0.5, 0.6) is 0 Å². The third kappa shape index (κ3) is 3.56. The molecule has 5 heteroatoms. The maximum atomic E-state index is 12.6. The van der Waals surface area contributed by atoms with Crippen molar-refractivity contribution in [3.05, 3.63) is 23.9 Å². The number of aromatic nitrogens is 1. The van der Waals surface area contributed by atoms with E-state index in [9.17, 15) is 9.90 Å². The van der Waals surface area contributed by atoms with Gasteiger partial charge in [-0.3, -0.25) is 4.79 Å². The van der Waals surface area contributed by atoms with E-state index in [1.165, 1.54) is 0 Å². The Hall–Kier alpha value is -1.62. The molecule has 1 aromatic rings. The van der Waals surface area contributed by atoms with Crippen LogP contribution in [-0.2, 0) is 0 Å². The number of aliphatic hydroxyl groups is 1. The first-order chi connectivity index (χ1) is 11.7. The predicted molar refractivity (Wildman–Crippen MR) is 95.2 cm³/mol. The van der Waals surface area contributed by atoms with Crippen molar-refractivity contribution in [2.45, 2.75) is 45.4 Å². The Kier molecular flexibility index (Phi) is 5.39. The summed E-state index contributed by atoms with van der Waals surface area (Å²) >= 11 is 0. The SMILES string of the molecule is CCC[C@@]1(CO)CCCN(c2cc(C(=O)N3CCCC3)ccn2)C1. The highest BCUT2D eigenvalue weighted by molar-refractivity contribution is 5.95. The van der Waals surface area contributed by atoms with Gasteiger partial charge in [-0.25, -0.2) is 4.98 Å². The summed E-state index contributed by atoms with van der Waals surface area (Å²) < 4.78 is 0. The lowest BCUT2D eigenvalue weighted by Gasteiger charge is -2.42. The van der Waals surface area contributed by atoms with Gasteiger partial charge in [0.25, 0.3) is 5.91 Å². The molecule has 0 saturated carbocycles. The summed E-state index contributed by atoms with van der Waals surface area (Å²) in [5.74, 6) is 0.990. The zero-order chi connectivity index (χ0) is 17.0. The average Bonchev–Trinajstić information content (AvgIpc) is 3.16. The molecule has 1 atom stereocenters. The van der Waals surface area contributed by atoms with Crippen LogP contribution >= 0.6 is 0 Å². The number of carbonyl (C=O) groups is 1. The van der Waals surface area contributed by atoms with Crippen LogP contribution in [0, 0.1) is 5.41 Å². The Bertz CT molecular complexity index is 567. The lowest BCUT2D eigenvalue weighted by atomic mass is 9.77. The normalized spacial score (nSPS) is 24.4. The van der Waals surface area contributed by atoms with Crippen LogP contribution < -0.4 is 4.90 Å². The highest BCUT2D eigenvalue weighted by Crippen LogP contribution is 2.35. The number of nitrogens with zero attached hydrogens (tertiary/aromatic N) is 3. The third-order valence-corrected chi connectivity index (χ3v) is 5.49. The fourth-order valence-corrected chi connectivity index (χ4v) is 4.17. The third-order valence-electron chi connectivity index (χ3n) is 5.49. The molecular weight excluding hydrogens is 302 g/mol. The van der Waals surface area contributed by atoms with E-state index in [4.69, 9.17) is 0 Å². The van der Waals surface area contributed by atoms with Crippen molar-refractivity contribution >= 4 is 11.7 Å². The first kappa shape index (κ1) is 17.2. The van der Waals surface area contributed by atoms with Crippen molar-refractivity contribution in [2.75, 3.05) is 37.7 Å². The van der Waals surface area contributed by atoms with E-state index in [0.717, 1.165) is 76.1 Å². The molecule has 0 unspecified atom stereocenters. The second-order valence-corrected chi connectivity index (χ2v) is 7.34. The highest BCUT2D eigenvalue weighted by Gasteiger charge is 2.34. The maximum Gasteiger partial charge on any atom is 0.254 e. The van der Waals surface area contributed by atoms with E-state index in [2.05, 4.69) is 16.8 Å². The zero-order valence-corrected chi connectivity index (χ0v) is 14.7. The average molecular weight is 331 g/mol. The molecular formula is C19H29N3O2. The number of pyridine rings is 1. The van der Waals surface area contributed by atoms with E-state index in [0.29, 0.717) is 0 Å². The number of amides is 1. The van der Waals surface area contributed by atoms with Gasteiger partial charge < -0.3 is 14.9 Å². The molecule has 0 aromatic carbocycles. The van der Waals surface area contributed by atoms with Crippen molar-refractivity contribution in [2.24, 2.45) is 5.41 Å². The molecule has 1 N–H and O–H groups in total. The van der Waals surface area contributed by atoms with Gasteiger partial charge in [0.15, 0.2) is 0 Å². The standard InChI is InChI=1S/C19H29N3O2/c1-2-7-19(15-23)8-5-12-22(14-19)17-13-16(6-9-20-17)18(24)21-10-3-4-11-21/h6,9,13,23H,2-5,7-8,10-12,14-15H2,1H3/t19-/m1/s1. The van der Waals surface area contributed by atoms with Crippen LogP contribution in [0.1, 0.15) is 55.8 Å². The molecule has 3 heterocycles. The minimum Gasteiger partial charge on any atom is -0.396 e. The van der Waals surface area contributed by atoms with Crippen LogP contribution in [0.3, 0.4) is 0 Å². The van der Waals surface area contributed by atoms with Crippen LogP contribution in [0.25, 0.3) is 0 Å². The molecule has 2 saturated heterocycles. The molecule has 0 aliphatic carbocycles. The number of carbonyl (C=O) groups excluding carboxylic acids is 1.